The van der Waals surface area contributed by atoms with Gasteiger partial charge in [-0.15, -0.1) is 0 Å². The van der Waals surface area contributed by atoms with Crippen LogP contribution in [0.2, 0.25) is 0 Å². The van der Waals surface area contributed by atoms with E-state index in [9.17, 15) is 0 Å². The highest BCUT2D eigenvalue weighted by molar-refractivity contribution is 9.10. The van der Waals surface area contributed by atoms with E-state index in [1.165, 1.54) is 31.4 Å². The summed E-state index contributed by atoms with van der Waals surface area (Å²) in [4.78, 5) is 2.60. The van der Waals surface area contributed by atoms with Crippen LogP contribution in [0, 0.1) is 0 Å². The SMILES string of the molecule is Brc1ccc(N2CCCC2c2ccccc2C2CCNCC2)cc1. The molecular formula is C21H25BrN2. The second-order valence-electron chi connectivity index (χ2n) is 6.98. The number of hydrogen-bond acceptors (Lipinski definition) is 2. The molecule has 4 rings (SSSR count). The summed E-state index contributed by atoms with van der Waals surface area (Å²) in [5.74, 6) is 0.717. The molecule has 0 spiro atoms. The lowest BCUT2D eigenvalue weighted by Crippen LogP contribution is -2.28. The minimum atomic E-state index is 0.525. The van der Waals surface area contributed by atoms with Gasteiger partial charge in [0.1, 0.15) is 0 Å². The van der Waals surface area contributed by atoms with Crippen LogP contribution in [0.4, 0.5) is 5.69 Å². The monoisotopic (exact) mass is 384 g/mol. The maximum atomic E-state index is 3.55. The van der Waals surface area contributed by atoms with Crippen molar-refractivity contribution in [2.45, 2.75) is 37.6 Å². The number of hydrogen-bond donors (Lipinski definition) is 1. The lowest BCUT2D eigenvalue weighted by Gasteiger charge is -2.32. The Morgan fingerprint density at radius 2 is 1.58 bits per heavy atom. The normalized spacial score (nSPS) is 22.0. The predicted molar refractivity (Wildman–Crippen MR) is 105 cm³/mol. The van der Waals surface area contributed by atoms with Crippen LogP contribution in [0.1, 0.15) is 48.8 Å². The topological polar surface area (TPSA) is 15.3 Å². The van der Waals surface area contributed by atoms with Crippen LogP contribution in [0.5, 0.6) is 0 Å². The van der Waals surface area contributed by atoms with Gasteiger partial charge in [-0.3, -0.25) is 0 Å². The third kappa shape index (κ3) is 3.25. The van der Waals surface area contributed by atoms with Crippen molar-refractivity contribution in [3.8, 4) is 0 Å². The Labute approximate surface area is 153 Å². The van der Waals surface area contributed by atoms with E-state index < -0.39 is 0 Å². The number of nitrogens with zero attached hydrogens (tertiary/aromatic N) is 1. The summed E-state index contributed by atoms with van der Waals surface area (Å²) in [6, 6.07) is 18.5. The van der Waals surface area contributed by atoms with E-state index in [1.807, 2.05) is 0 Å². The molecule has 2 aromatic carbocycles. The molecule has 0 bridgehead atoms. The second kappa shape index (κ2) is 7.28. The van der Waals surface area contributed by atoms with Crippen molar-refractivity contribution in [2.75, 3.05) is 24.5 Å². The standard InChI is InChI=1S/C21H25BrN2/c22-17-7-9-18(10-8-17)24-15-3-6-21(24)20-5-2-1-4-19(20)16-11-13-23-14-12-16/h1-2,4-5,7-10,16,21,23H,3,6,11-15H2. The van der Waals surface area contributed by atoms with Crippen molar-refractivity contribution in [1.29, 1.82) is 0 Å². The molecule has 2 heterocycles. The zero-order valence-electron chi connectivity index (χ0n) is 14.0. The van der Waals surface area contributed by atoms with Crippen LogP contribution in [-0.4, -0.2) is 19.6 Å². The van der Waals surface area contributed by atoms with Crippen molar-refractivity contribution in [3.05, 3.63) is 64.1 Å². The molecule has 126 valence electrons. The molecule has 0 aliphatic carbocycles. The molecule has 2 saturated heterocycles. The molecule has 0 aromatic heterocycles. The third-order valence-corrected chi connectivity index (χ3v) is 6.07. The number of rotatable bonds is 3. The Morgan fingerprint density at radius 3 is 2.33 bits per heavy atom. The molecule has 1 N–H and O–H groups in total. The predicted octanol–water partition coefficient (Wildman–Crippen LogP) is 5.26. The Balaban J connectivity index is 1.66. The summed E-state index contributed by atoms with van der Waals surface area (Å²) in [6.07, 6.45) is 5.07. The fourth-order valence-corrected chi connectivity index (χ4v) is 4.62. The van der Waals surface area contributed by atoms with Gasteiger partial charge in [0, 0.05) is 16.7 Å². The summed E-state index contributed by atoms with van der Waals surface area (Å²) in [5.41, 5.74) is 4.50. The quantitative estimate of drug-likeness (QED) is 0.776. The molecule has 2 fully saturated rings. The number of benzene rings is 2. The Morgan fingerprint density at radius 1 is 0.875 bits per heavy atom. The van der Waals surface area contributed by atoms with Crippen LogP contribution in [0.3, 0.4) is 0 Å². The van der Waals surface area contributed by atoms with Crippen LogP contribution >= 0.6 is 15.9 Å². The lowest BCUT2D eigenvalue weighted by atomic mass is 9.84. The van der Waals surface area contributed by atoms with E-state index in [0.29, 0.717) is 6.04 Å². The number of nitrogens with one attached hydrogen (secondary N) is 1. The zero-order valence-corrected chi connectivity index (χ0v) is 15.6. The maximum Gasteiger partial charge on any atom is 0.0545 e. The first-order chi connectivity index (χ1) is 11.8. The van der Waals surface area contributed by atoms with E-state index in [1.54, 1.807) is 11.1 Å². The van der Waals surface area contributed by atoms with E-state index in [0.717, 1.165) is 30.0 Å². The van der Waals surface area contributed by atoms with Crippen molar-refractivity contribution in [2.24, 2.45) is 0 Å². The molecule has 3 heteroatoms. The highest BCUT2D eigenvalue weighted by Crippen LogP contribution is 2.40. The fourth-order valence-electron chi connectivity index (χ4n) is 4.35. The zero-order chi connectivity index (χ0) is 16.4. The molecule has 2 aliphatic rings. The van der Waals surface area contributed by atoms with Crippen LogP contribution in [-0.2, 0) is 0 Å². The summed E-state index contributed by atoms with van der Waals surface area (Å²) in [6.45, 7) is 3.47. The van der Waals surface area contributed by atoms with Gasteiger partial charge in [-0.05, 0) is 80.1 Å². The van der Waals surface area contributed by atoms with Gasteiger partial charge in [-0.2, -0.15) is 0 Å². The van der Waals surface area contributed by atoms with Crippen molar-refractivity contribution < 1.29 is 0 Å². The van der Waals surface area contributed by atoms with Gasteiger partial charge < -0.3 is 10.2 Å². The smallest absolute Gasteiger partial charge is 0.0545 e. The molecule has 0 radical (unpaired) electrons. The van der Waals surface area contributed by atoms with Crippen molar-refractivity contribution in [1.82, 2.24) is 5.32 Å². The van der Waals surface area contributed by atoms with Crippen LogP contribution in [0.25, 0.3) is 0 Å². The van der Waals surface area contributed by atoms with Gasteiger partial charge in [-0.1, -0.05) is 40.2 Å². The first-order valence-electron chi connectivity index (χ1n) is 9.14. The minimum Gasteiger partial charge on any atom is -0.364 e. The first-order valence-corrected chi connectivity index (χ1v) is 9.94. The van der Waals surface area contributed by atoms with Crippen molar-refractivity contribution in [3.63, 3.8) is 0 Å². The molecule has 1 unspecified atom stereocenters. The number of piperidine rings is 1. The summed E-state index contributed by atoms with van der Waals surface area (Å²) in [5, 5.41) is 3.50. The van der Waals surface area contributed by atoms with E-state index in [2.05, 4.69) is 74.7 Å². The highest BCUT2D eigenvalue weighted by atomic mass is 79.9. The fraction of sp³-hybridized carbons (Fsp3) is 0.429. The van der Waals surface area contributed by atoms with Gasteiger partial charge in [0.05, 0.1) is 6.04 Å². The largest absolute Gasteiger partial charge is 0.364 e. The number of halogens is 1. The summed E-state index contributed by atoms with van der Waals surface area (Å²) >= 11 is 3.55. The highest BCUT2D eigenvalue weighted by Gasteiger charge is 2.29. The molecular weight excluding hydrogens is 360 g/mol. The molecule has 2 nitrogen and oxygen atoms in total. The van der Waals surface area contributed by atoms with E-state index in [4.69, 9.17) is 0 Å². The van der Waals surface area contributed by atoms with Gasteiger partial charge in [0.25, 0.3) is 0 Å². The molecule has 1 atom stereocenters. The van der Waals surface area contributed by atoms with Crippen LogP contribution in [0.15, 0.2) is 53.0 Å². The average molecular weight is 385 g/mol. The molecule has 2 aromatic rings. The summed E-state index contributed by atoms with van der Waals surface area (Å²) in [7, 11) is 0. The average Bonchev–Trinajstić information content (AvgIpc) is 3.13. The second-order valence-corrected chi connectivity index (χ2v) is 7.90. The molecule has 2 aliphatic heterocycles. The third-order valence-electron chi connectivity index (χ3n) is 5.55. The molecule has 0 saturated carbocycles. The van der Waals surface area contributed by atoms with E-state index >= 15 is 0 Å². The Kier molecular flexibility index (Phi) is 4.91. The summed E-state index contributed by atoms with van der Waals surface area (Å²) < 4.78 is 1.15. The molecule has 24 heavy (non-hydrogen) atoms. The lowest BCUT2D eigenvalue weighted by molar-refractivity contribution is 0.456. The first kappa shape index (κ1) is 16.2. The van der Waals surface area contributed by atoms with Crippen LogP contribution < -0.4 is 10.2 Å². The van der Waals surface area contributed by atoms with Gasteiger partial charge >= 0.3 is 0 Å². The minimum absolute atomic E-state index is 0.525. The van der Waals surface area contributed by atoms with E-state index in [-0.39, 0.29) is 0 Å². The van der Waals surface area contributed by atoms with Gasteiger partial charge in [0.15, 0.2) is 0 Å². The number of anilines is 1. The Bertz CT molecular complexity index is 676. The van der Waals surface area contributed by atoms with Crippen molar-refractivity contribution >= 4 is 21.6 Å². The van der Waals surface area contributed by atoms with Gasteiger partial charge in [-0.25, -0.2) is 0 Å². The molecule has 0 amide bonds. The van der Waals surface area contributed by atoms with Gasteiger partial charge in [0.2, 0.25) is 0 Å². The Hall–Kier alpha value is -1.32. The maximum absolute atomic E-state index is 3.55.